The molecule has 190 valence electrons. The summed E-state index contributed by atoms with van der Waals surface area (Å²) < 4.78 is 26.7. The Hall–Kier alpha value is -3.46. The predicted molar refractivity (Wildman–Crippen MR) is 136 cm³/mol. The Morgan fingerprint density at radius 3 is 2.64 bits per heavy atom. The van der Waals surface area contributed by atoms with Gasteiger partial charge in [0.05, 0.1) is 24.4 Å². The van der Waals surface area contributed by atoms with Crippen LogP contribution >= 0.6 is 0 Å². The average molecular weight is 494 g/mol. The van der Waals surface area contributed by atoms with Crippen LogP contribution in [0.15, 0.2) is 36.7 Å². The molecule has 1 aliphatic heterocycles. The maximum absolute atomic E-state index is 14.6. The van der Waals surface area contributed by atoms with E-state index in [1.165, 1.54) is 6.33 Å². The molecule has 1 amide bonds. The minimum Gasteiger partial charge on any atom is -0.493 e. The van der Waals surface area contributed by atoms with Crippen molar-refractivity contribution in [3.63, 3.8) is 0 Å². The number of amides is 1. The van der Waals surface area contributed by atoms with E-state index < -0.39 is 5.54 Å². The largest absolute Gasteiger partial charge is 0.493 e. The Labute approximate surface area is 210 Å². The molecular weight excluding hydrogens is 461 g/mol. The molecule has 5 rings (SSSR count). The van der Waals surface area contributed by atoms with Crippen molar-refractivity contribution in [3.8, 4) is 11.5 Å². The van der Waals surface area contributed by atoms with Crippen LogP contribution in [0.2, 0.25) is 0 Å². The van der Waals surface area contributed by atoms with Gasteiger partial charge < -0.3 is 19.7 Å². The summed E-state index contributed by atoms with van der Waals surface area (Å²) in [7, 11) is 5.53. The van der Waals surface area contributed by atoms with Crippen LogP contribution in [0.4, 0.5) is 15.9 Å². The molecule has 9 heteroatoms. The van der Waals surface area contributed by atoms with E-state index in [-0.39, 0.29) is 17.8 Å². The zero-order chi connectivity index (χ0) is 25.4. The Morgan fingerprint density at radius 2 is 1.89 bits per heavy atom. The van der Waals surface area contributed by atoms with Gasteiger partial charge in [-0.2, -0.15) is 0 Å². The number of hydrogen-bond acceptors (Lipinski definition) is 7. The second-order valence-corrected chi connectivity index (χ2v) is 9.80. The molecule has 8 nitrogen and oxygen atoms in total. The van der Waals surface area contributed by atoms with Crippen LogP contribution in [0, 0.1) is 12.7 Å². The van der Waals surface area contributed by atoms with Crippen molar-refractivity contribution in [3.05, 3.63) is 48.0 Å². The maximum Gasteiger partial charge on any atom is 0.242 e. The fraction of sp³-hybridized carbons (Fsp3) is 0.444. The van der Waals surface area contributed by atoms with Crippen molar-refractivity contribution in [2.75, 3.05) is 39.6 Å². The highest BCUT2D eigenvalue weighted by molar-refractivity contribution is 5.93. The Morgan fingerprint density at radius 1 is 1.11 bits per heavy atom. The van der Waals surface area contributed by atoms with Gasteiger partial charge in [0.25, 0.3) is 0 Å². The number of nitrogens with one attached hydrogen (secondary N) is 1. The van der Waals surface area contributed by atoms with Crippen molar-refractivity contribution in [1.29, 1.82) is 0 Å². The number of anilines is 2. The number of halogens is 1. The number of hydrogen-bond donors (Lipinski definition) is 1. The van der Waals surface area contributed by atoms with Gasteiger partial charge in [0.2, 0.25) is 5.91 Å². The first-order valence-corrected chi connectivity index (χ1v) is 12.3. The zero-order valence-electron chi connectivity index (χ0n) is 21.2. The second kappa shape index (κ2) is 9.54. The smallest absolute Gasteiger partial charge is 0.242 e. The van der Waals surface area contributed by atoms with Crippen molar-refractivity contribution in [2.24, 2.45) is 0 Å². The molecule has 2 heterocycles. The molecule has 36 heavy (non-hydrogen) atoms. The summed E-state index contributed by atoms with van der Waals surface area (Å²) in [6.45, 7) is 3.36. The van der Waals surface area contributed by atoms with E-state index in [0.29, 0.717) is 39.5 Å². The number of benzene rings is 2. The molecule has 2 aromatic carbocycles. The van der Waals surface area contributed by atoms with Gasteiger partial charge in [0.1, 0.15) is 23.5 Å². The lowest BCUT2D eigenvalue weighted by Gasteiger charge is -2.50. The molecule has 0 unspecified atom stereocenters. The molecule has 0 bridgehead atoms. The SMILES string of the molecule is COc1cc2ncnc(Nc3cccc(C)c3F)c2cc1O[C@H]1CC[C@]2(CC1)C(=O)N(C)CCN2C. The highest BCUT2D eigenvalue weighted by Crippen LogP contribution is 2.41. The highest BCUT2D eigenvalue weighted by atomic mass is 19.1. The van der Waals surface area contributed by atoms with Crippen molar-refractivity contribution in [2.45, 2.75) is 44.2 Å². The van der Waals surface area contributed by atoms with Crippen molar-refractivity contribution >= 4 is 28.3 Å². The molecular formula is C27H32FN5O3. The Bertz CT molecular complexity index is 1290. The van der Waals surface area contributed by atoms with Gasteiger partial charge in [-0.1, -0.05) is 12.1 Å². The average Bonchev–Trinajstić information content (AvgIpc) is 2.89. The summed E-state index contributed by atoms with van der Waals surface area (Å²) in [5.74, 6) is 1.51. The molecule has 3 aromatic rings. The monoisotopic (exact) mass is 493 g/mol. The van der Waals surface area contributed by atoms with Crippen LogP contribution in [0.1, 0.15) is 31.2 Å². The number of likely N-dealkylation sites (N-methyl/N-ethyl adjacent to an activating group) is 2. The summed E-state index contributed by atoms with van der Waals surface area (Å²) in [5.41, 5.74) is 1.11. The van der Waals surface area contributed by atoms with Crippen LogP contribution in [-0.2, 0) is 4.79 Å². The number of fused-ring (bicyclic) bond motifs is 1. The molecule has 1 saturated heterocycles. The Balaban J connectivity index is 1.40. The van der Waals surface area contributed by atoms with Gasteiger partial charge in [-0.3, -0.25) is 9.69 Å². The van der Waals surface area contributed by atoms with E-state index >= 15 is 0 Å². The fourth-order valence-corrected chi connectivity index (χ4v) is 5.38. The third kappa shape index (κ3) is 4.21. The molecule has 2 fully saturated rings. The van der Waals surface area contributed by atoms with Crippen LogP contribution in [0.5, 0.6) is 11.5 Å². The van der Waals surface area contributed by atoms with Gasteiger partial charge in [-0.15, -0.1) is 0 Å². The lowest BCUT2D eigenvalue weighted by Crippen LogP contribution is -2.65. The molecule has 1 saturated carbocycles. The molecule has 1 spiro atoms. The number of ether oxygens (including phenoxy) is 2. The quantitative estimate of drug-likeness (QED) is 0.568. The van der Waals surface area contributed by atoms with E-state index in [1.807, 2.05) is 31.1 Å². The third-order valence-electron chi connectivity index (χ3n) is 7.67. The number of carbonyl (C=O) groups is 1. The summed E-state index contributed by atoms with van der Waals surface area (Å²) in [6.07, 6.45) is 4.40. The third-order valence-corrected chi connectivity index (χ3v) is 7.67. The summed E-state index contributed by atoms with van der Waals surface area (Å²) in [5, 5.41) is 3.81. The predicted octanol–water partition coefficient (Wildman–Crippen LogP) is 4.29. The number of nitrogens with zero attached hydrogens (tertiary/aromatic N) is 4. The van der Waals surface area contributed by atoms with E-state index in [9.17, 15) is 9.18 Å². The molecule has 0 atom stereocenters. The zero-order valence-corrected chi connectivity index (χ0v) is 21.2. The van der Waals surface area contributed by atoms with Crippen LogP contribution in [0.3, 0.4) is 0 Å². The van der Waals surface area contributed by atoms with E-state index in [4.69, 9.17) is 9.47 Å². The molecule has 1 N–H and O–H groups in total. The molecule has 1 aromatic heterocycles. The number of carbonyl (C=O) groups excluding carboxylic acids is 1. The van der Waals surface area contributed by atoms with Crippen molar-refractivity contribution in [1.82, 2.24) is 19.8 Å². The van der Waals surface area contributed by atoms with Gasteiger partial charge in [0.15, 0.2) is 11.5 Å². The fourth-order valence-electron chi connectivity index (χ4n) is 5.38. The first kappa shape index (κ1) is 24.2. The highest BCUT2D eigenvalue weighted by Gasteiger charge is 2.49. The normalized spacial score (nSPS) is 22.8. The van der Waals surface area contributed by atoms with Crippen LogP contribution in [0.25, 0.3) is 10.9 Å². The van der Waals surface area contributed by atoms with E-state index in [0.717, 1.165) is 38.8 Å². The van der Waals surface area contributed by atoms with E-state index in [2.05, 4.69) is 20.2 Å². The molecule has 2 aliphatic rings. The second-order valence-electron chi connectivity index (χ2n) is 9.80. The lowest BCUT2D eigenvalue weighted by atomic mass is 9.77. The minimum absolute atomic E-state index is 0.0503. The molecule has 1 aliphatic carbocycles. The summed E-state index contributed by atoms with van der Waals surface area (Å²) in [4.78, 5) is 25.8. The minimum atomic E-state index is -0.441. The number of methoxy groups -OCH3 is 1. The number of aromatic nitrogens is 2. The van der Waals surface area contributed by atoms with E-state index in [1.54, 1.807) is 32.2 Å². The number of piperazine rings is 1. The van der Waals surface area contributed by atoms with Gasteiger partial charge in [0, 0.05) is 31.6 Å². The summed E-state index contributed by atoms with van der Waals surface area (Å²) in [6, 6.07) is 8.85. The standard InChI is InChI=1S/C27H32FN5O3/c1-17-6-5-7-20(24(17)28)31-25-19-14-23(22(35-4)15-21(19)29-16-30-25)36-18-8-10-27(11-9-18)26(34)32(2)12-13-33(27)3/h5-7,14-16,18H,8-13H2,1-4H3,(H,29,30,31)/t18-,27-. The van der Waals surface area contributed by atoms with Crippen LogP contribution in [-0.4, -0.2) is 71.6 Å². The van der Waals surface area contributed by atoms with Crippen LogP contribution < -0.4 is 14.8 Å². The number of rotatable bonds is 5. The Kier molecular flexibility index (Phi) is 6.42. The topological polar surface area (TPSA) is 79.8 Å². The summed E-state index contributed by atoms with van der Waals surface area (Å²) >= 11 is 0. The number of aryl methyl sites for hydroxylation is 1. The van der Waals surface area contributed by atoms with Crippen molar-refractivity contribution < 1.29 is 18.7 Å². The lowest BCUT2D eigenvalue weighted by molar-refractivity contribution is -0.152. The van der Waals surface area contributed by atoms with Gasteiger partial charge >= 0.3 is 0 Å². The first-order chi connectivity index (χ1) is 17.3. The first-order valence-electron chi connectivity index (χ1n) is 12.3. The van der Waals surface area contributed by atoms with Gasteiger partial charge in [-0.25, -0.2) is 14.4 Å². The maximum atomic E-state index is 14.6. The molecule has 0 radical (unpaired) electrons. The van der Waals surface area contributed by atoms with Gasteiger partial charge in [-0.05, 0) is 57.4 Å².